The van der Waals surface area contributed by atoms with Gasteiger partial charge in [0.1, 0.15) is 32.9 Å². The van der Waals surface area contributed by atoms with E-state index >= 15 is 8.22 Å². The van der Waals surface area contributed by atoms with Gasteiger partial charge in [-0.2, -0.15) is 0 Å². The molecule has 0 atom stereocenters. The van der Waals surface area contributed by atoms with Crippen molar-refractivity contribution in [1.29, 1.82) is 0 Å². The van der Waals surface area contributed by atoms with Gasteiger partial charge in [-0.05, 0) is 40.3 Å². The van der Waals surface area contributed by atoms with Crippen LogP contribution in [0.1, 0.15) is 166 Å². The van der Waals surface area contributed by atoms with Crippen LogP contribution in [0.25, 0.3) is 0 Å². The summed E-state index contributed by atoms with van der Waals surface area (Å²) in [6.07, 6.45) is 0. The first-order valence-electron chi connectivity index (χ1n) is 18.7. The molecule has 0 spiro atoms. The predicted octanol–water partition coefficient (Wildman–Crippen LogP) is 13.3. The van der Waals surface area contributed by atoms with Crippen LogP contribution in [-0.4, -0.2) is 58.5 Å². The first kappa shape index (κ1) is 47.0. The molecule has 1 fully saturated rings. The van der Waals surface area contributed by atoms with E-state index < -0.39 is 50.7 Å². The highest BCUT2D eigenvalue weighted by atomic mass is 28.6. The Labute approximate surface area is 307 Å². The quantitative estimate of drug-likeness (QED) is 0.208. The van der Waals surface area contributed by atoms with E-state index in [0.717, 1.165) is 0 Å². The van der Waals surface area contributed by atoms with Gasteiger partial charge in [-0.25, -0.2) is 0 Å². The van der Waals surface area contributed by atoms with Crippen LogP contribution in [0.2, 0.25) is 66.5 Å². The van der Waals surface area contributed by atoms with Crippen molar-refractivity contribution in [3.8, 4) is 0 Å². The zero-order valence-electron chi connectivity index (χ0n) is 37.7. The zero-order valence-corrected chi connectivity index (χ0v) is 43.7. The minimum absolute atomic E-state index is 0.166. The molecule has 0 amide bonds. The first-order valence-corrected chi connectivity index (χ1v) is 32.2. The van der Waals surface area contributed by atoms with Crippen LogP contribution in [0.3, 0.4) is 0 Å². The SMILES string of the molecule is CC(C)(C)[Si](C)(N[Si]1(F)N([Si](C)(C(C)(C)C)C(C)(C)C)[Si](F)(N[Si](C)(C(C)(C)C)C(C)(C)C)N1[Si](C)(C(C)(C)C)C(C)(C)C)C(C)(C)C. The molecular weight excluding hydrogens is 695 g/mol. The van der Waals surface area contributed by atoms with Crippen LogP contribution < -0.4 is 9.30 Å². The minimum atomic E-state index is -4.43. The summed E-state index contributed by atoms with van der Waals surface area (Å²) in [5, 5.41) is -1.83. The highest BCUT2D eigenvalue weighted by Gasteiger charge is 2.89. The van der Waals surface area contributed by atoms with E-state index in [2.05, 4.69) is 209 Å². The lowest BCUT2D eigenvalue weighted by atomic mass is 10.2. The van der Waals surface area contributed by atoms with Crippen LogP contribution >= 0.6 is 0 Å². The van der Waals surface area contributed by atoms with Gasteiger partial charge in [-0.1, -0.05) is 192 Å². The van der Waals surface area contributed by atoms with E-state index in [-0.39, 0.29) is 40.3 Å². The second-order valence-electron chi connectivity index (χ2n) is 24.5. The molecule has 0 radical (unpaired) electrons. The molecule has 2 N–H and O–H groups in total. The molecule has 1 aliphatic heterocycles. The normalized spacial score (nSPS) is 24.6. The lowest BCUT2D eigenvalue weighted by molar-refractivity contribution is 0.340. The average Bonchev–Trinajstić information content (AvgIpc) is 2.72. The molecule has 1 rings (SSSR count). The van der Waals surface area contributed by atoms with E-state index in [1.807, 2.05) is 0 Å². The van der Waals surface area contributed by atoms with Crippen LogP contribution in [0.4, 0.5) is 8.22 Å². The zero-order chi connectivity index (χ0) is 39.6. The summed E-state index contributed by atoms with van der Waals surface area (Å²) in [6.45, 7) is 64.1. The molecule has 0 aromatic heterocycles. The number of halogens is 2. The Balaban J connectivity index is 4.89. The van der Waals surface area contributed by atoms with Crippen molar-refractivity contribution in [1.82, 2.24) is 17.1 Å². The fourth-order valence-electron chi connectivity index (χ4n) is 9.18. The van der Waals surface area contributed by atoms with Crippen molar-refractivity contribution >= 4 is 50.7 Å². The molecule has 12 heteroatoms. The monoisotopic (exact) mass is 781 g/mol. The lowest BCUT2D eigenvalue weighted by Gasteiger charge is -2.78. The van der Waals surface area contributed by atoms with Gasteiger partial charge in [0.15, 0.2) is 0 Å². The van der Waals surface area contributed by atoms with E-state index in [1.54, 1.807) is 0 Å². The van der Waals surface area contributed by atoms with Crippen molar-refractivity contribution in [3.05, 3.63) is 0 Å². The van der Waals surface area contributed by atoms with Crippen molar-refractivity contribution < 1.29 is 8.22 Å². The molecule has 0 bridgehead atoms. The molecule has 1 heterocycles. The van der Waals surface area contributed by atoms with Gasteiger partial charge in [0.25, 0.3) is 0 Å². The van der Waals surface area contributed by atoms with Gasteiger partial charge in [0, 0.05) is 0 Å². The minimum Gasteiger partial charge on any atom is -0.309 e. The van der Waals surface area contributed by atoms with Gasteiger partial charge in [0.05, 0.1) is 0 Å². The van der Waals surface area contributed by atoms with Gasteiger partial charge in [-0.3, -0.25) is 16.0 Å². The summed E-state index contributed by atoms with van der Waals surface area (Å²) in [6, 6.07) is 0. The fraction of sp³-hybridized carbons (Fsp3) is 1.00. The van der Waals surface area contributed by atoms with E-state index in [1.165, 1.54) is 0 Å². The van der Waals surface area contributed by atoms with Gasteiger partial charge in [-0.15, -0.1) is 0 Å². The van der Waals surface area contributed by atoms with Crippen molar-refractivity contribution in [2.75, 3.05) is 0 Å². The molecular formula is C36H86F2N4Si6. The molecule has 0 unspecified atom stereocenters. The third-order valence-electron chi connectivity index (χ3n) is 14.7. The maximum atomic E-state index is 20.3. The standard InChI is InChI=1S/C36H86F2N4Si6/c1-29(2,3)43(25,30(4,5)6)39-47(37)41(45(27,33(13,14)15)34(16,17)18)48(38,40-44(26,31(7,8)9)32(10,11)12)42(47)46(28,35(19,20)21)36(22,23)24/h39-40H,1-28H3. The largest absolute Gasteiger partial charge is 0.461 e. The Morgan fingerprint density at radius 1 is 0.333 bits per heavy atom. The number of rotatable bonds is 6. The molecule has 0 aliphatic carbocycles. The molecule has 288 valence electrons. The molecule has 0 saturated carbocycles. The van der Waals surface area contributed by atoms with E-state index in [9.17, 15) is 0 Å². The summed E-state index contributed by atoms with van der Waals surface area (Å²) in [5.41, 5.74) is 0. The molecule has 1 aliphatic rings. The van der Waals surface area contributed by atoms with Gasteiger partial charge < -0.3 is 9.30 Å². The second kappa shape index (κ2) is 12.3. The maximum absolute atomic E-state index is 20.3. The molecule has 0 aromatic rings. The smallest absolute Gasteiger partial charge is 0.309 e. The topological polar surface area (TPSA) is 30.5 Å². The number of nitrogens with one attached hydrogen (secondary N) is 2. The second-order valence-corrected chi connectivity index (χ2v) is 55.0. The van der Waals surface area contributed by atoms with Crippen LogP contribution in [0, 0.1) is 0 Å². The third kappa shape index (κ3) is 6.79. The summed E-state index contributed by atoms with van der Waals surface area (Å²) in [7, 11) is -20.3. The van der Waals surface area contributed by atoms with Crippen molar-refractivity contribution in [2.45, 2.75) is 233 Å². The Kier molecular flexibility index (Phi) is 12.0. The lowest BCUT2D eigenvalue weighted by Crippen LogP contribution is -3.10. The van der Waals surface area contributed by atoms with Gasteiger partial charge >= 0.3 is 17.8 Å². The summed E-state index contributed by atoms with van der Waals surface area (Å²) >= 11 is 0. The first-order chi connectivity index (χ1) is 20.1. The van der Waals surface area contributed by atoms with Crippen molar-refractivity contribution in [3.63, 3.8) is 0 Å². The van der Waals surface area contributed by atoms with Gasteiger partial charge in [0.2, 0.25) is 0 Å². The molecule has 1 saturated heterocycles. The predicted molar refractivity (Wildman–Crippen MR) is 228 cm³/mol. The van der Waals surface area contributed by atoms with Crippen LogP contribution in [-0.2, 0) is 0 Å². The Bertz CT molecular complexity index is 1010. The molecule has 4 nitrogen and oxygen atoms in total. The number of hydrogen-bond acceptors (Lipinski definition) is 4. The van der Waals surface area contributed by atoms with Crippen LogP contribution in [0.15, 0.2) is 0 Å². The number of hydrogen-bond donors (Lipinski definition) is 2. The molecule has 0 aromatic carbocycles. The average molecular weight is 782 g/mol. The van der Waals surface area contributed by atoms with Crippen LogP contribution in [0.5, 0.6) is 0 Å². The molecule has 48 heavy (non-hydrogen) atoms. The Morgan fingerprint density at radius 2 is 0.479 bits per heavy atom. The fourth-order valence-corrected chi connectivity index (χ4v) is 62.4. The van der Waals surface area contributed by atoms with E-state index in [4.69, 9.17) is 0 Å². The summed E-state index contributed by atoms with van der Waals surface area (Å²) < 4.78 is 53.1. The Hall–Kier alpha value is 1.00. The maximum Gasteiger partial charge on any atom is 0.461 e. The highest BCUT2D eigenvalue weighted by molar-refractivity contribution is 7.22. The number of nitrogens with zero attached hydrogens (tertiary/aromatic N) is 2. The van der Waals surface area contributed by atoms with E-state index in [0.29, 0.717) is 0 Å². The Morgan fingerprint density at radius 3 is 0.583 bits per heavy atom. The summed E-state index contributed by atoms with van der Waals surface area (Å²) in [5.74, 6) is 0. The van der Waals surface area contributed by atoms with Crippen molar-refractivity contribution in [2.24, 2.45) is 0 Å². The third-order valence-corrected chi connectivity index (χ3v) is 61.6. The summed E-state index contributed by atoms with van der Waals surface area (Å²) in [4.78, 5) is 0. The highest BCUT2D eigenvalue weighted by Crippen LogP contribution is 2.66.